The number of anilines is 1. The molecule has 8 nitrogen and oxygen atoms in total. The summed E-state index contributed by atoms with van der Waals surface area (Å²) in [6.45, 7) is 0.444. The monoisotopic (exact) mass is 477 g/mol. The molecule has 1 atom stereocenters. The van der Waals surface area contributed by atoms with Crippen molar-refractivity contribution in [2.75, 3.05) is 23.6 Å². The summed E-state index contributed by atoms with van der Waals surface area (Å²) < 4.78 is 25.3. The van der Waals surface area contributed by atoms with Crippen LogP contribution in [0, 0.1) is 0 Å². The van der Waals surface area contributed by atoms with Gasteiger partial charge in [-0.05, 0) is 30.5 Å². The Bertz CT molecular complexity index is 1380. The first-order valence-electron chi connectivity index (χ1n) is 10.2. The molecule has 1 aliphatic heterocycles. The van der Waals surface area contributed by atoms with Crippen molar-refractivity contribution in [3.05, 3.63) is 52.1 Å². The molecule has 0 radical (unpaired) electrons. The van der Waals surface area contributed by atoms with E-state index in [0.29, 0.717) is 57.7 Å². The van der Waals surface area contributed by atoms with E-state index in [1.807, 2.05) is 4.90 Å². The number of alkyl halides is 1. The smallest absolute Gasteiger partial charge is 0.331 e. The third-order valence-electron chi connectivity index (χ3n) is 5.75. The van der Waals surface area contributed by atoms with Crippen molar-refractivity contribution in [2.45, 2.75) is 24.6 Å². The number of halogens is 1. The molecule has 1 aliphatic rings. The molecule has 0 bridgehead atoms. The minimum absolute atomic E-state index is 0.135. The molecule has 2 N–H and O–H groups in total. The van der Waals surface area contributed by atoms with Gasteiger partial charge in [0, 0.05) is 65.9 Å². The predicted octanol–water partition coefficient (Wildman–Crippen LogP) is 3.04. The summed E-state index contributed by atoms with van der Waals surface area (Å²) in [5.41, 5.74) is 3.24. The molecular formula is C22H24ClN3O5S. The van der Waals surface area contributed by atoms with Crippen LogP contribution in [-0.2, 0) is 27.4 Å². The van der Waals surface area contributed by atoms with Crippen LogP contribution < -0.4 is 10.5 Å². The molecule has 0 spiro atoms. The number of sulfone groups is 1. The van der Waals surface area contributed by atoms with Crippen molar-refractivity contribution in [3.8, 4) is 11.1 Å². The topological polar surface area (TPSA) is 112 Å². The SMILES string of the molecule is Cn1cc2c3c(c[nH]c3c1=O)C(C(=O)O)N(CCCCCl)c1ccc(CS(C)(=O)=O)cc1-2. The summed E-state index contributed by atoms with van der Waals surface area (Å²) in [4.78, 5) is 30.0. The van der Waals surface area contributed by atoms with Crippen molar-refractivity contribution >= 4 is 44.0 Å². The van der Waals surface area contributed by atoms with Crippen LogP contribution in [0.25, 0.3) is 22.0 Å². The highest BCUT2D eigenvalue weighted by molar-refractivity contribution is 7.89. The maximum absolute atomic E-state index is 12.8. The zero-order valence-electron chi connectivity index (χ0n) is 17.8. The van der Waals surface area contributed by atoms with Gasteiger partial charge >= 0.3 is 5.97 Å². The minimum Gasteiger partial charge on any atom is -0.479 e. The summed E-state index contributed by atoms with van der Waals surface area (Å²) in [7, 11) is -1.63. The molecule has 2 aromatic heterocycles. The zero-order valence-corrected chi connectivity index (χ0v) is 19.3. The fraction of sp³-hybridized carbons (Fsp3) is 0.364. The second-order valence-electron chi connectivity index (χ2n) is 8.20. The first-order chi connectivity index (χ1) is 15.1. The molecule has 4 rings (SSSR count). The van der Waals surface area contributed by atoms with E-state index in [4.69, 9.17) is 11.6 Å². The molecule has 0 amide bonds. The number of aromatic amines is 1. The van der Waals surface area contributed by atoms with Crippen molar-refractivity contribution in [3.63, 3.8) is 0 Å². The van der Waals surface area contributed by atoms with Crippen molar-refractivity contribution < 1.29 is 18.3 Å². The van der Waals surface area contributed by atoms with Crippen LogP contribution in [-0.4, -0.2) is 47.7 Å². The number of rotatable bonds is 7. The van der Waals surface area contributed by atoms with Gasteiger partial charge < -0.3 is 19.6 Å². The van der Waals surface area contributed by atoms with Gasteiger partial charge in [0.05, 0.1) is 5.75 Å². The summed E-state index contributed by atoms with van der Waals surface area (Å²) in [5.74, 6) is -0.698. The molecule has 1 aromatic carbocycles. The number of hydrogen-bond acceptors (Lipinski definition) is 5. The number of hydrogen-bond donors (Lipinski definition) is 2. The molecule has 10 heteroatoms. The molecule has 0 aliphatic carbocycles. The lowest BCUT2D eigenvalue weighted by Gasteiger charge is -2.31. The average molecular weight is 478 g/mol. The van der Waals surface area contributed by atoms with Crippen LogP contribution in [0.3, 0.4) is 0 Å². The van der Waals surface area contributed by atoms with Gasteiger partial charge in [0.2, 0.25) is 0 Å². The van der Waals surface area contributed by atoms with Crippen LogP contribution in [0.2, 0.25) is 0 Å². The highest BCUT2D eigenvalue weighted by atomic mass is 35.5. The maximum Gasteiger partial charge on any atom is 0.331 e. The lowest BCUT2D eigenvalue weighted by atomic mass is 9.99. The molecular weight excluding hydrogens is 454 g/mol. The largest absolute Gasteiger partial charge is 0.479 e. The fourth-order valence-corrected chi connectivity index (χ4v) is 5.43. The number of unbranched alkanes of at least 4 members (excludes halogenated alkanes) is 1. The molecule has 0 fully saturated rings. The molecule has 0 saturated carbocycles. The second kappa shape index (κ2) is 8.29. The van der Waals surface area contributed by atoms with E-state index in [2.05, 4.69) is 4.98 Å². The normalized spacial score (nSPS) is 15.6. The van der Waals surface area contributed by atoms with Gasteiger partial charge in [0.1, 0.15) is 5.52 Å². The average Bonchev–Trinajstić information content (AvgIpc) is 3.09. The molecule has 170 valence electrons. The van der Waals surface area contributed by atoms with Crippen LogP contribution in [0.1, 0.15) is 30.0 Å². The number of nitrogens with one attached hydrogen (secondary N) is 1. The second-order valence-corrected chi connectivity index (χ2v) is 10.7. The van der Waals surface area contributed by atoms with Crippen molar-refractivity contribution in [1.29, 1.82) is 0 Å². The number of H-pyrrole nitrogens is 1. The lowest BCUT2D eigenvalue weighted by Crippen LogP contribution is -2.34. The number of nitrogens with zero attached hydrogens (tertiary/aromatic N) is 2. The number of carboxylic acid groups (broad SMARTS) is 1. The number of aryl methyl sites for hydroxylation is 1. The van der Waals surface area contributed by atoms with Crippen LogP contribution >= 0.6 is 11.6 Å². The third-order valence-corrected chi connectivity index (χ3v) is 6.87. The Hall–Kier alpha value is -2.78. The van der Waals surface area contributed by atoms with E-state index in [9.17, 15) is 23.1 Å². The molecule has 32 heavy (non-hydrogen) atoms. The number of aliphatic carboxylic acids is 1. The number of aromatic nitrogens is 2. The minimum atomic E-state index is -3.27. The van der Waals surface area contributed by atoms with Gasteiger partial charge in [0.25, 0.3) is 5.56 Å². The van der Waals surface area contributed by atoms with Crippen LogP contribution in [0.5, 0.6) is 0 Å². The number of fused-ring (bicyclic) bond motifs is 2. The van der Waals surface area contributed by atoms with E-state index in [0.717, 1.165) is 6.42 Å². The van der Waals surface area contributed by atoms with Gasteiger partial charge in [-0.15, -0.1) is 11.6 Å². The van der Waals surface area contributed by atoms with E-state index < -0.39 is 21.8 Å². The first kappa shape index (κ1) is 22.4. The number of carboxylic acids is 1. The van der Waals surface area contributed by atoms with Crippen molar-refractivity contribution in [2.24, 2.45) is 7.05 Å². The number of pyridine rings is 1. The third kappa shape index (κ3) is 3.91. The Morgan fingerprint density at radius 1 is 1.25 bits per heavy atom. The van der Waals surface area contributed by atoms with Gasteiger partial charge in [0.15, 0.2) is 15.9 Å². The number of carbonyl (C=O) groups is 1. The van der Waals surface area contributed by atoms with Gasteiger partial charge in [-0.3, -0.25) is 4.79 Å². The van der Waals surface area contributed by atoms with Gasteiger partial charge in [-0.25, -0.2) is 13.2 Å². The van der Waals surface area contributed by atoms with Gasteiger partial charge in [-0.1, -0.05) is 6.07 Å². The van der Waals surface area contributed by atoms with E-state index in [1.165, 1.54) is 10.8 Å². The summed E-state index contributed by atoms with van der Waals surface area (Å²) in [6.07, 6.45) is 5.86. The maximum atomic E-state index is 12.8. The van der Waals surface area contributed by atoms with E-state index in [-0.39, 0.29) is 11.3 Å². The predicted molar refractivity (Wildman–Crippen MR) is 125 cm³/mol. The van der Waals surface area contributed by atoms with Gasteiger partial charge in [-0.2, -0.15) is 0 Å². The van der Waals surface area contributed by atoms with Crippen LogP contribution in [0.4, 0.5) is 5.69 Å². The first-order valence-corrected chi connectivity index (χ1v) is 12.8. The highest BCUT2D eigenvalue weighted by Gasteiger charge is 2.36. The van der Waals surface area contributed by atoms with E-state index in [1.54, 1.807) is 37.6 Å². The standard InChI is InChI=1S/C22H24ClN3O5S/c1-25-11-16-14-9-13(12-32(2,30)31)5-6-17(14)26(8-4-3-7-23)20(22(28)29)15-10-24-19(18(15)16)21(25)27/h5-6,9-11,20,24H,3-4,7-8,12H2,1-2H3,(H,28,29). The Morgan fingerprint density at radius 3 is 2.66 bits per heavy atom. The van der Waals surface area contributed by atoms with E-state index >= 15 is 0 Å². The summed E-state index contributed by atoms with van der Waals surface area (Å²) in [6, 6.07) is 4.27. The fourth-order valence-electron chi connectivity index (χ4n) is 4.45. The lowest BCUT2D eigenvalue weighted by molar-refractivity contribution is -0.138. The number of benzene rings is 1. The Morgan fingerprint density at radius 2 is 2.00 bits per heavy atom. The highest BCUT2D eigenvalue weighted by Crippen LogP contribution is 2.45. The molecule has 3 heterocycles. The Balaban J connectivity index is 2.05. The summed E-state index contributed by atoms with van der Waals surface area (Å²) in [5, 5.41) is 10.8. The molecule has 0 saturated heterocycles. The Kier molecular flexibility index (Phi) is 5.81. The van der Waals surface area contributed by atoms with Crippen molar-refractivity contribution in [1.82, 2.24) is 9.55 Å². The summed E-state index contributed by atoms with van der Waals surface area (Å²) >= 11 is 5.85. The quantitative estimate of drug-likeness (QED) is 0.399. The Labute approximate surface area is 190 Å². The molecule has 1 unspecified atom stereocenters. The zero-order chi connectivity index (χ0) is 23.2. The molecule has 3 aromatic rings. The van der Waals surface area contributed by atoms with Crippen LogP contribution in [0.15, 0.2) is 35.4 Å².